The zero-order chi connectivity index (χ0) is 67.1. The molecule has 0 fully saturated rings. The molecular formula is C93H70N6. The first-order valence-electron chi connectivity index (χ1n) is 33.4. The van der Waals surface area contributed by atoms with E-state index in [0.29, 0.717) is 0 Å². The Bertz CT molecular complexity index is 5150. The Morgan fingerprint density at radius 2 is 0.273 bits per heavy atom. The van der Waals surface area contributed by atoms with Crippen LogP contribution in [0, 0.1) is 20.8 Å². The van der Waals surface area contributed by atoms with E-state index in [-0.39, 0.29) is 0 Å². The van der Waals surface area contributed by atoms with Gasteiger partial charge in [-0.3, -0.25) is 0 Å². The molecule has 3 aromatic heterocycles. The minimum Gasteiger partial charge on any atom is -0.233 e. The van der Waals surface area contributed by atoms with Crippen molar-refractivity contribution in [2.45, 2.75) is 20.8 Å². The highest BCUT2D eigenvalue weighted by Crippen LogP contribution is 2.37. The molecule has 6 heteroatoms. The van der Waals surface area contributed by atoms with Crippen LogP contribution in [0.1, 0.15) is 17.5 Å². The van der Waals surface area contributed by atoms with E-state index in [9.17, 15) is 0 Å². The zero-order valence-corrected chi connectivity index (χ0v) is 55.4. The molecule has 0 saturated heterocycles. The number of rotatable bonds is 13. The molecule has 0 unspecified atom stereocenters. The highest BCUT2D eigenvalue weighted by atomic mass is 14.9. The second-order valence-electron chi connectivity index (χ2n) is 24.3. The first kappa shape index (κ1) is 63.5. The van der Waals surface area contributed by atoms with Crippen molar-refractivity contribution in [3.8, 4) is 145 Å². The van der Waals surface area contributed by atoms with Crippen LogP contribution in [0.5, 0.6) is 0 Å². The maximum Gasteiger partial charge on any atom is 0.126 e. The molecule has 0 aliphatic heterocycles. The first-order valence-corrected chi connectivity index (χ1v) is 33.4. The van der Waals surface area contributed by atoms with Gasteiger partial charge in [0, 0.05) is 33.4 Å². The van der Waals surface area contributed by atoms with Gasteiger partial charge in [-0.2, -0.15) is 0 Å². The van der Waals surface area contributed by atoms with Gasteiger partial charge in [0.05, 0.1) is 34.2 Å². The van der Waals surface area contributed by atoms with Crippen molar-refractivity contribution in [3.63, 3.8) is 0 Å². The van der Waals surface area contributed by atoms with Crippen molar-refractivity contribution in [2.24, 2.45) is 0 Å². The molecule has 16 aromatic rings. The van der Waals surface area contributed by atoms with Gasteiger partial charge in [0.25, 0.3) is 0 Å². The third-order valence-electron chi connectivity index (χ3n) is 17.3. The zero-order valence-electron chi connectivity index (χ0n) is 55.4. The first-order chi connectivity index (χ1) is 48.7. The molecule has 0 radical (unpaired) electrons. The van der Waals surface area contributed by atoms with Gasteiger partial charge >= 0.3 is 0 Å². The molecule has 0 spiro atoms. The second-order valence-corrected chi connectivity index (χ2v) is 24.3. The number of aryl methyl sites for hydroxylation is 3. The summed E-state index contributed by atoms with van der Waals surface area (Å²) in [5.74, 6) is 2.29. The topological polar surface area (TPSA) is 77.3 Å². The second kappa shape index (κ2) is 30.2. The van der Waals surface area contributed by atoms with E-state index in [0.717, 1.165) is 85.0 Å². The summed E-state index contributed by atoms with van der Waals surface area (Å²) in [4.78, 5) is 28.6. The summed E-state index contributed by atoms with van der Waals surface area (Å²) in [6.45, 7) is 5.87. The minimum absolute atomic E-state index is 0.754. The van der Waals surface area contributed by atoms with Crippen molar-refractivity contribution in [3.05, 3.63) is 388 Å². The predicted molar refractivity (Wildman–Crippen MR) is 411 cm³/mol. The summed E-state index contributed by atoms with van der Waals surface area (Å²) in [7, 11) is 0. The largest absolute Gasteiger partial charge is 0.233 e. The summed E-state index contributed by atoms with van der Waals surface area (Å²) >= 11 is 0. The minimum atomic E-state index is 0.754. The number of hydrogen-bond acceptors (Lipinski definition) is 6. The Labute approximate surface area is 580 Å². The van der Waals surface area contributed by atoms with Crippen LogP contribution in [0.15, 0.2) is 370 Å². The third-order valence-corrected chi connectivity index (χ3v) is 17.3. The van der Waals surface area contributed by atoms with E-state index in [4.69, 9.17) is 24.9 Å². The van der Waals surface area contributed by atoms with E-state index in [1.54, 1.807) is 0 Å². The molecule has 6 nitrogen and oxygen atoms in total. The molecule has 0 saturated carbocycles. The van der Waals surface area contributed by atoms with Crippen molar-refractivity contribution in [1.82, 2.24) is 29.9 Å². The van der Waals surface area contributed by atoms with E-state index in [2.05, 4.69) is 327 Å². The number of benzene rings is 13. The van der Waals surface area contributed by atoms with Crippen molar-refractivity contribution < 1.29 is 0 Å². The molecule has 0 N–H and O–H groups in total. The predicted octanol–water partition coefficient (Wildman–Crippen LogP) is 24.0. The SMILES string of the molecule is Cc1nc(-c2cccc(-c3ccccc3)c2)cc(-c2cc(-c3ccccc3)cc(-c3ccccc3)c2)n1.Cc1nc(-c2cccc(-c3ccccc3)c2)cc(-c2cccc(-c3ccccc3)c2)n1.Cc1nc(-c2ccccc2)cc(-c2cc(-c3ccccc3)cc(-c3ccccc3)c2)n1. The maximum absolute atomic E-state index is 4.87. The number of nitrogens with zero attached hydrogens (tertiary/aromatic N) is 6. The average Bonchev–Trinajstić information content (AvgIpc) is 0.833. The lowest BCUT2D eigenvalue weighted by Crippen LogP contribution is -1.96. The molecule has 16 rings (SSSR count). The highest BCUT2D eigenvalue weighted by Gasteiger charge is 2.16. The summed E-state index contributed by atoms with van der Waals surface area (Å²) in [6, 6.07) is 129. The van der Waals surface area contributed by atoms with Crippen molar-refractivity contribution in [1.29, 1.82) is 0 Å². The van der Waals surface area contributed by atoms with Crippen LogP contribution in [0.2, 0.25) is 0 Å². The Morgan fingerprint density at radius 3 is 0.505 bits per heavy atom. The lowest BCUT2D eigenvalue weighted by atomic mass is 9.94. The van der Waals surface area contributed by atoms with Gasteiger partial charge in [-0.05, 0) is 171 Å². The molecule has 0 bridgehead atoms. The fourth-order valence-electron chi connectivity index (χ4n) is 12.4. The van der Waals surface area contributed by atoms with Crippen LogP contribution in [0.25, 0.3) is 145 Å². The van der Waals surface area contributed by atoms with E-state index < -0.39 is 0 Å². The van der Waals surface area contributed by atoms with E-state index in [1.165, 1.54) is 77.9 Å². The van der Waals surface area contributed by atoms with Crippen LogP contribution in [0.4, 0.5) is 0 Å². The van der Waals surface area contributed by atoms with Crippen molar-refractivity contribution in [2.75, 3.05) is 0 Å². The van der Waals surface area contributed by atoms with Crippen LogP contribution in [0.3, 0.4) is 0 Å². The monoisotopic (exact) mass is 1270 g/mol. The van der Waals surface area contributed by atoms with Crippen LogP contribution >= 0.6 is 0 Å². The van der Waals surface area contributed by atoms with E-state index in [1.807, 2.05) is 69.3 Å². The van der Waals surface area contributed by atoms with Crippen LogP contribution in [-0.4, -0.2) is 29.9 Å². The van der Waals surface area contributed by atoms with Gasteiger partial charge in [0.15, 0.2) is 0 Å². The Hall–Kier alpha value is -12.9. The fraction of sp³-hybridized carbons (Fsp3) is 0.0323. The lowest BCUT2D eigenvalue weighted by molar-refractivity contribution is 1.06. The molecule has 0 atom stereocenters. The molecule has 3 heterocycles. The van der Waals surface area contributed by atoms with Crippen molar-refractivity contribution >= 4 is 0 Å². The summed E-state index contributed by atoms with van der Waals surface area (Å²) in [5, 5.41) is 0. The Morgan fingerprint density at radius 1 is 0.121 bits per heavy atom. The Kier molecular flexibility index (Phi) is 19.4. The fourth-order valence-corrected chi connectivity index (χ4v) is 12.4. The summed E-state index contributed by atoms with van der Waals surface area (Å²) in [6.07, 6.45) is 0. The van der Waals surface area contributed by atoms with Gasteiger partial charge in [-0.25, -0.2) is 29.9 Å². The van der Waals surface area contributed by atoms with Gasteiger partial charge in [-0.15, -0.1) is 0 Å². The Balaban J connectivity index is 0.000000127. The summed E-state index contributed by atoms with van der Waals surface area (Å²) in [5.41, 5.74) is 28.7. The summed E-state index contributed by atoms with van der Waals surface area (Å²) < 4.78 is 0. The lowest BCUT2D eigenvalue weighted by Gasteiger charge is -2.12. The maximum atomic E-state index is 4.87. The highest BCUT2D eigenvalue weighted by molar-refractivity contribution is 5.84. The molecular weight excluding hydrogens is 1200 g/mol. The van der Waals surface area contributed by atoms with Gasteiger partial charge in [-0.1, -0.05) is 297 Å². The van der Waals surface area contributed by atoms with Gasteiger partial charge in [0.1, 0.15) is 17.5 Å². The molecule has 13 aromatic carbocycles. The average molecular weight is 1270 g/mol. The van der Waals surface area contributed by atoms with Crippen LogP contribution in [-0.2, 0) is 0 Å². The number of hydrogen-bond donors (Lipinski definition) is 0. The van der Waals surface area contributed by atoms with Gasteiger partial charge in [0.2, 0.25) is 0 Å². The quantitative estimate of drug-likeness (QED) is 0.114. The molecule has 0 aliphatic rings. The van der Waals surface area contributed by atoms with E-state index >= 15 is 0 Å². The third kappa shape index (κ3) is 15.8. The molecule has 0 aliphatic carbocycles. The molecule has 0 amide bonds. The normalized spacial score (nSPS) is 10.8. The smallest absolute Gasteiger partial charge is 0.126 e. The van der Waals surface area contributed by atoms with Crippen LogP contribution < -0.4 is 0 Å². The molecule has 99 heavy (non-hydrogen) atoms. The standard InChI is InChI=1S/C35H26N2.2C29H22N2/c1-25-36-34(30-19-11-18-29(20-30)26-12-5-2-6-13-26)24-35(37-25)33-22-31(27-14-7-3-8-15-27)21-32(23-33)28-16-9-4-10-17-28;1-21-30-28(24-15-9-4-10-16-24)20-29(31-21)27-18-25(22-11-5-2-6-12-22)17-26(19-27)23-13-7-3-8-14-23;1-21-30-28(26-16-8-14-24(18-26)22-10-4-2-5-11-22)20-29(31-21)27-17-9-15-25(19-27)23-12-6-3-7-13-23/h2-24H,1H3;2*2-20H,1H3. The number of aromatic nitrogens is 6. The molecule has 472 valence electrons. The van der Waals surface area contributed by atoms with Gasteiger partial charge < -0.3 is 0 Å².